The van der Waals surface area contributed by atoms with Gasteiger partial charge in [0.1, 0.15) is 0 Å². The molecule has 1 radical (unpaired) electrons. The van der Waals surface area contributed by atoms with Crippen LogP contribution in [0.5, 0.6) is 0 Å². The van der Waals surface area contributed by atoms with Gasteiger partial charge in [0.15, 0.2) is 0 Å². The van der Waals surface area contributed by atoms with Crippen molar-refractivity contribution in [2.45, 2.75) is 0 Å². The fourth-order valence-electron chi connectivity index (χ4n) is 6.88. The smallest absolute Gasteiger partial charge is 0.242 e. The van der Waals surface area contributed by atoms with Crippen LogP contribution >= 0.6 is 0 Å². The van der Waals surface area contributed by atoms with Crippen molar-refractivity contribution >= 4 is 0 Å². The summed E-state index contributed by atoms with van der Waals surface area (Å²) < 4.78 is 8.27. The van der Waals surface area contributed by atoms with E-state index in [4.69, 9.17) is 0 Å². The molecular weight excluding hydrogens is 915 g/mol. The third-order valence-electron chi connectivity index (χ3n) is 9.51. The van der Waals surface area contributed by atoms with Crippen molar-refractivity contribution in [2.24, 2.45) is 14.1 Å². The van der Waals surface area contributed by atoms with Gasteiger partial charge in [-0.2, -0.15) is 60.7 Å². The zero-order valence-corrected chi connectivity index (χ0v) is 35.5. The third-order valence-corrected chi connectivity index (χ3v) is 9.51. The first-order chi connectivity index (χ1) is 29.2. The average Bonchev–Trinajstić information content (AvgIpc) is 4.07. The zero-order valence-electron chi connectivity index (χ0n) is 33.1. The van der Waals surface area contributed by atoms with Gasteiger partial charge in [-0.05, 0) is 34.4 Å². The molecule has 10 aromatic rings. The van der Waals surface area contributed by atoms with E-state index >= 15 is 0 Å². The van der Waals surface area contributed by atoms with Crippen molar-refractivity contribution in [2.75, 3.05) is 0 Å². The first-order valence-corrected chi connectivity index (χ1v) is 19.3. The molecule has 0 saturated carbocycles. The molecule has 0 spiro atoms. The molecule has 6 aromatic carbocycles. The predicted molar refractivity (Wildman–Crippen MR) is 232 cm³/mol. The molecule has 0 unspecified atom stereocenters. The van der Waals surface area contributed by atoms with E-state index in [1.54, 1.807) is 12.4 Å². The van der Waals surface area contributed by atoms with Crippen LogP contribution in [0.25, 0.3) is 67.8 Å². The van der Waals surface area contributed by atoms with E-state index in [9.17, 15) is 0 Å². The van der Waals surface area contributed by atoms with Gasteiger partial charge >= 0.3 is 0 Å². The maximum Gasteiger partial charge on any atom is 0.242 e. The number of para-hydroxylation sites is 2. The third kappa shape index (κ3) is 9.37. The first kappa shape index (κ1) is 40.9. The number of hydrogen-bond acceptors (Lipinski definition) is 2. The van der Waals surface area contributed by atoms with Crippen LogP contribution in [0.3, 0.4) is 0 Å². The Morgan fingerprint density at radius 1 is 0.450 bits per heavy atom. The monoisotopic (exact) mass is 955 g/mol. The number of rotatable bonds is 7. The van der Waals surface area contributed by atoms with Crippen LogP contribution in [0.4, 0.5) is 0 Å². The summed E-state index contributed by atoms with van der Waals surface area (Å²) in [6.07, 6.45) is 10.3. The average molecular weight is 955 g/mol. The molecule has 0 aliphatic carbocycles. The Hall–Kier alpha value is -7.25. The van der Waals surface area contributed by atoms with Crippen LogP contribution < -0.4 is 14.2 Å². The molecule has 0 aliphatic heterocycles. The van der Waals surface area contributed by atoms with E-state index in [0.717, 1.165) is 56.7 Å². The van der Waals surface area contributed by atoms with Crippen molar-refractivity contribution < 1.29 is 29.2 Å². The Balaban J connectivity index is 0.000000144. The standard InChI is InChI=1S/2C22H17N2.C8H6N3.Ir/c2*1-23-17-24(20-15-9-4-10-16-20)22(19-13-7-3-8-14-19)21(23)18-11-5-2-6-12-18;1-2-5-9-7(3-1)8-4-6-10-11-8;/h2*2-15H,1H3;1-6H;/q3*-1;. The summed E-state index contributed by atoms with van der Waals surface area (Å²) in [6.45, 7) is 0. The summed E-state index contributed by atoms with van der Waals surface area (Å²) in [5, 5.41) is 7.58. The topological polar surface area (TPSA) is 57.5 Å². The normalized spacial score (nSPS) is 10.4. The van der Waals surface area contributed by atoms with E-state index in [2.05, 4.69) is 167 Å². The molecule has 10 rings (SSSR count). The Kier molecular flexibility index (Phi) is 13.6. The van der Waals surface area contributed by atoms with Crippen molar-refractivity contribution in [3.8, 4) is 67.8 Å². The number of pyridine rings is 1. The second-order valence-corrected chi connectivity index (χ2v) is 13.5. The minimum absolute atomic E-state index is 0. The summed E-state index contributed by atoms with van der Waals surface area (Å²) in [5.74, 6) is 0. The molecule has 4 aromatic heterocycles. The number of aromatic nitrogens is 7. The molecule has 0 atom stereocenters. The van der Waals surface area contributed by atoms with Gasteiger partial charge in [0, 0.05) is 38.2 Å². The van der Waals surface area contributed by atoms with Crippen molar-refractivity contribution in [1.29, 1.82) is 0 Å². The van der Waals surface area contributed by atoms with E-state index in [0.29, 0.717) is 0 Å². The van der Waals surface area contributed by atoms with E-state index in [1.165, 1.54) is 11.1 Å². The maximum absolute atomic E-state index is 4.12. The molecule has 7 nitrogen and oxygen atoms in total. The van der Waals surface area contributed by atoms with Gasteiger partial charge in [-0.25, -0.2) is 0 Å². The SMILES string of the molecule is C[n+]1[c-]n(-c2[c-]cccc2)c(-c2ccccc2)c1-c1ccccc1.C[n+]1[c-]n(-c2[c-]cccc2)c(-c2ccccc2)c1-c1ccccc1.[Ir].c1ccc(-c2ccn[n-]2)nc1. The predicted octanol–water partition coefficient (Wildman–Crippen LogP) is 9.57. The molecule has 0 N–H and O–H groups in total. The number of benzene rings is 6. The number of hydrogen-bond donors (Lipinski definition) is 0. The Labute approximate surface area is 364 Å². The Morgan fingerprint density at radius 2 is 0.867 bits per heavy atom. The quantitative estimate of drug-likeness (QED) is 0.118. The second-order valence-electron chi connectivity index (χ2n) is 13.5. The van der Waals surface area contributed by atoms with Gasteiger partial charge < -0.3 is 28.5 Å². The van der Waals surface area contributed by atoms with Crippen LogP contribution in [0.15, 0.2) is 207 Å². The second kappa shape index (κ2) is 19.9. The van der Waals surface area contributed by atoms with Crippen LogP contribution in [0, 0.1) is 24.8 Å². The number of aryl methyl sites for hydroxylation is 2. The Morgan fingerprint density at radius 3 is 1.23 bits per heavy atom. The van der Waals surface area contributed by atoms with Crippen molar-refractivity contribution in [3.05, 3.63) is 231 Å². The van der Waals surface area contributed by atoms with Gasteiger partial charge in [0.05, 0.1) is 36.9 Å². The van der Waals surface area contributed by atoms with E-state index < -0.39 is 0 Å². The molecule has 60 heavy (non-hydrogen) atoms. The van der Waals surface area contributed by atoms with Gasteiger partial charge in [-0.15, -0.1) is 0 Å². The van der Waals surface area contributed by atoms with E-state index in [-0.39, 0.29) is 20.1 Å². The zero-order chi connectivity index (χ0) is 40.2. The molecule has 295 valence electrons. The summed E-state index contributed by atoms with van der Waals surface area (Å²) in [7, 11) is 4.07. The van der Waals surface area contributed by atoms with Gasteiger partial charge in [0.25, 0.3) is 0 Å². The number of nitrogens with zero attached hydrogens (tertiary/aromatic N) is 7. The fraction of sp³-hybridized carbons (Fsp3) is 0.0385. The van der Waals surface area contributed by atoms with Gasteiger partial charge in [-0.1, -0.05) is 151 Å². The molecule has 4 heterocycles. The van der Waals surface area contributed by atoms with Crippen LogP contribution in [0.2, 0.25) is 0 Å². The molecular formula is C52H40IrN7-3. The maximum atomic E-state index is 4.12. The first-order valence-electron chi connectivity index (χ1n) is 19.3. The van der Waals surface area contributed by atoms with Gasteiger partial charge in [0.2, 0.25) is 12.7 Å². The minimum atomic E-state index is 0. The summed E-state index contributed by atoms with van der Waals surface area (Å²) >= 11 is 0. The molecule has 0 aliphatic rings. The van der Waals surface area contributed by atoms with Crippen LogP contribution in [0.1, 0.15) is 0 Å². The van der Waals surface area contributed by atoms with Gasteiger partial charge in [-0.3, -0.25) is 4.98 Å². The fourth-order valence-corrected chi connectivity index (χ4v) is 6.88. The van der Waals surface area contributed by atoms with Crippen LogP contribution in [-0.4, -0.2) is 19.2 Å². The molecule has 0 amide bonds. The summed E-state index contributed by atoms with van der Waals surface area (Å²) in [5.41, 5.74) is 12.8. The number of imidazole rings is 2. The molecule has 0 fully saturated rings. The summed E-state index contributed by atoms with van der Waals surface area (Å²) in [4.78, 5) is 4.12. The summed E-state index contributed by atoms with van der Waals surface area (Å²) in [6, 6.07) is 71.9. The Bertz CT molecular complexity index is 2630. The van der Waals surface area contributed by atoms with Crippen molar-refractivity contribution in [1.82, 2.24) is 24.3 Å². The van der Waals surface area contributed by atoms with E-state index in [1.807, 2.05) is 99.0 Å². The largest absolute Gasteiger partial charge is 0.574 e. The molecule has 0 bridgehead atoms. The minimum Gasteiger partial charge on any atom is -0.574 e. The van der Waals surface area contributed by atoms with Crippen LogP contribution in [-0.2, 0) is 34.2 Å². The molecule has 8 heteroatoms. The van der Waals surface area contributed by atoms with Crippen molar-refractivity contribution in [3.63, 3.8) is 0 Å². The molecule has 0 saturated heterocycles.